The molecular weight excluding hydrogens is 335 g/mol. The number of carbonyl (C=O) groups excluding carboxylic acids is 1. The lowest BCUT2D eigenvalue weighted by Crippen LogP contribution is -2.17. The zero-order valence-corrected chi connectivity index (χ0v) is 14.3. The number of para-hydroxylation sites is 1. The van der Waals surface area contributed by atoms with Gasteiger partial charge in [0, 0.05) is 5.56 Å². The average molecular weight is 352 g/mol. The Morgan fingerprint density at radius 2 is 1.88 bits per heavy atom. The van der Waals surface area contributed by atoms with E-state index >= 15 is 0 Å². The topological polar surface area (TPSA) is 79.5 Å². The Bertz CT molecular complexity index is 978. The van der Waals surface area contributed by atoms with E-state index in [9.17, 15) is 14.3 Å². The first kappa shape index (κ1) is 17.3. The van der Waals surface area contributed by atoms with E-state index in [1.807, 2.05) is 13.8 Å². The Morgan fingerprint density at radius 1 is 1.19 bits per heavy atom. The predicted octanol–water partition coefficient (Wildman–Crippen LogP) is 3.10. The van der Waals surface area contributed by atoms with Crippen molar-refractivity contribution in [1.29, 1.82) is 0 Å². The molecule has 7 heteroatoms. The molecule has 0 spiro atoms. The number of nitrogens with one attached hydrogen (secondary N) is 1. The third-order valence-corrected chi connectivity index (χ3v) is 3.93. The minimum Gasteiger partial charge on any atom is -0.507 e. The smallest absolute Gasteiger partial charge is 0.275 e. The molecule has 1 heterocycles. The largest absolute Gasteiger partial charge is 0.507 e. The molecule has 3 aromatic rings. The summed E-state index contributed by atoms with van der Waals surface area (Å²) in [5.74, 6) is -0.943. The van der Waals surface area contributed by atoms with Gasteiger partial charge in [0.1, 0.15) is 11.6 Å². The van der Waals surface area contributed by atoms with Gasteiger partial charge >= 0.3 is 0 Å². The maximum Gasteiger partial charge on any atom is 0.275 e. The Balaban J connectivity index is 1.80. The van der Waals surface area contributed by atoms with Crippen molar-refractivity contribution in [3.63, 3.8) is 0 Å². The zero-order valence-electron chi connectivity index (χ0n) is 14.3. The van der Waals surface area contributed by atoms with E-state index < -0.39 is 5.91 Å². The van der Waals surface area contributed by atoms with E-state index in [4.69, 9.17) is 0 Å². The number of aromatic hydroxyl groups is 1. The van der Waals surface area contributed by atoms with Crippen LogP contribution < -0.4 is 5.43 Å². The summed E-state index contributed by atoms with van der Waals surface area (Å²) in [5.41, 5.74) is 5.51. The van der Waals surface area contributed by atoms with Crippen molar-refractivity contribution in [3.8, 4) is 11.4 Å². The van der Waals surface area contributed by atoms with Crippen LogP contribution in [0.15, 0.2) is 53.6 Å². The van der Waals surface area contributed by atoms with Crippen LogP contribution >= 0.6 is 0 Å². The maximum atomic E-state index is 13.1. The number of aryl methyl sites for hydroxylation is 1. The van der Waals surface area contributed by atoms with Crippen molar-refractivity contribution >= 4 is 12.1 Å². The minimum atomic E-state index is -0.513. The summed E-state index contributed by atoms with van der Waals surface area (Å²) in [5, 5.41) is 18.1. The Labute approximate surface area is 149 Å². The van der Waals surface area contributed by atoms with Crippen LogP contribution in [-0.4, -0.2) is 27.0 Å². The Morgan fingerprint density at radius 3 is 2.58 bits per heavy atom. The maximum absolute atomic E-state index is 13.1. The summed E-state index contributed by atoms with van der Waals surface area (Å²) < 4.78 is 14.8. The van der Waals surface area contributed by atoms with Gasteiger partial charge in [-0.25, -0.2) is 14.5 Å². The Hall–Kier alpha value is -3.48. The standard InChI is InChI=1S/C19H17FN4O2/c1-12-17(11-21-22-19(26)16-5-3-4-6-18(16)25)13(2)24(23-12)15-9-7-14(20)8-10-15/h3-11,25H,1-2H3,(H,22,26)/b21-11-. The molecule has 0 bridgehead atoms. The number of phenols is 1. The highest BCUT2D eigenvalue weighted by Crippen LogP contribution is 2.17. The molecule has 26 heavy (non-hydrogen) atoms. The molecule has 1 aromatic heterocycles. The third-order valence-electron chi connectivity index (χ3n) is 3.93. The van der Waals surface area contributed by atoms with Crippen molar-refractivity contribution in [2.75, 3.05) is 0 Å². The molecule has 132 valence electrons. The molecule has 0 saturated carbocycles. The Kier molecular flexibility index (Phi) is 4.79. The predicted molar refractivity (Wildman–Crippen MR) is 96.2 cm³/mol. The van der Waals surface area contributed by atoms with Gasteiger partial charge in [0.2, 0.25) is 0 Å². The van der Waals surface area contributed by atoms with Gasteiger partial charge in [0.25, 0.3) is 5.91 Å². The van der Waals surface area contributed by atoms with Crippen LogP contribution in [0.5, 0.6) is 5.75 Å². The number of amides is 1. The third kappa shape index (κ3) is 3.46. The summed E-state index contributed by atoms with van der Waals surface area (Å²) in [6.45, 7) is 3.68. The number of halogens is 1. The molecule has 0 fully saturated rings. The average Bonchev–Trinajstić information content (AvgIpc) is 2.91. The number of benzene rings is 2. The molecule has 2 N–H and O–H groups in total. The first-order valence-corrected chi connectivity index (χ1v) is 7.91. The second kappa shape index (κ2) is 7.18. The summed E-state index contributed by atoms with van der Waals surface area (Å²) >= 11 is 0. The summed E-state index contributed by atoms with van der Waals surface area (Å²) in [6, 6.07) is 12.2. The van der Waals surface area contributed by atoms with Crippen LogP contribution in [0.25, 0.3) is 5.69 Å². The number of rotatable bonds is 4. The highest BCUT2D eigenvalue weighted by molar-refractivity contribution is 5.97. The van der Waals surface area contributed by atoms with Crippen molar-refractivity contribution in [3.05, 3.63) is 76.9 Å². The quantitative estimate of drug-likeness (QED) is 0.559. The summed E-state index contributed by atoms with van der Waals surface area (Å²) in [7, 11) is 0. The molecule has 1 amide bonds. The molecule has 0 aliphatic carbocycles. The molecule has 0 saturated heterocycles. The van der Waals surface area contributed by atoms with Gasteiger partial charge in [-0.2, -0.15) is 10.2 Å². The van der Waals surface area contributed by atoms with Gasteiger partial charge in [-0.05, 0) is 50.2 Å². The fourth-order valence-corrected chi connectivity index (χ4v) is 2.56. The van der Waals surface area contributed by atoms with Crippen LogP contribution in [0.1, 0.15) is 27.3 Å². The molecule has 0 unspecified atom stereocenters. The van der Waals surface area contributed by atoms with Gasteiger partial charge in [0.15, 0.2) is 0 Å². The van der Waals surface area contributed by atoms with Gasteiger partial charge in [-0.1, -0.05) is 12.1 Å². The van der Waals surface area contributed by atoms with E-state index in [2.05, 4.69) is 15.6 Å². The molecule has 0 aliphatic heterocycles. The number of nitrogens with zero attached hydrogens (tertiary/aromatic N) is 3. The first-order chi connectivity index (χ1) is 12.5. The minimum absolute atomic E-state index is 0.114. The van der Waals surface area contributed by atoms with Gasteiger partial charge in [-0.3, -0.25) is 4.79 Å². The van der Waals surface area contributed by atoms with E-state index in [1.165, 1.54) is 30.5 Å². The van der Waals surface area contributed by atoms with Gasteiger partial charge in [0.05, 0.1) is 28.9 Å². The van der Waals surface area contributed by atoms with Crippen LogP contribution in [-0.2, 0) is 0 Å². The highest BCUT2D eigenvalue weighted by atomic mass is 19.1. The number of carbonyl (C=O) groups is 1. The molecule has 2 aromatic carbocycles. The number of hydrazone groups is 1. The number of hydrogen-bond donors (Lipinski definition) is 2. The van der Waals surface area contributed by atoms with E-state index in [0.29, 0.717) is 5.69 Å². The van der Waals surface area contributed by atoms with Gasteiger partial charge < -0.3 is 5.11 Å². The highest BCUT2D eigenvalue weighted by Gasteiger charge is 2.12. The van der Waals surface area contributed by atoms with Crippen LogP contribution in [0, 0.1) is 19.7 Å². The number of aromatic nitrogens is 2. The molecule has 6 nitrogen and oxygen atoms in total. The van der Waals surface area contributed by atoms with Crippen molar-refractivity contribution < 1.29 is 14.3 Å². The summed E-state index contributed by atoms with van der Waals surface area (Å²) in [6.07, 6.45) is 1.50. The lowest BCUT2D eigenvalue weighted by molar-refractivity contribution is 0.0952. The lowest BCUT2D eigenvalue weighted by Gasteiger charge is -2.04. The fourth-order valence-electron chi connectivity index (χ4n) is 2.56. The van der Waals surface area contributed by atoms with Crippen LogP contribution in [0.2, 0.25) is 0 Å². The molecule has 0 aliphatic rings. The van der Waals surface area contributed by atoms with E-state index in [0.717, 1.165) is 16.9 Å². The lowest BCUT2D eigenvalue weighted by atomic mass is 10.2. The second-order valence-corrected chi connectivity index (χ2v) is 5.69. The van der Waals surface area contributed by atoms with E-state index in [-0.39, 0.29) is 17.1 Å². The fraction of sp³-hybridized carbons (Fsp3) is 0.105. The van der Waals surface area contributed by atoms with Crippen molar-refractivity contribution in [2.45, 2.75) is 13.8 Å². The normalized spacial score (nSPS) is 11.0. The molecular formula is C19H17FN4O2. The first-order valence-electron chi connectivity index (χ1n) is 7.91. The summed E-state index contributed by atoms with van der Waals surface area (Å²) in [4.78, 5) is 12.0. The molecule has 0 radical (unpaired) electrons. The van der Waals surface area contributed by atoms with Crippen molar-refractivity contribution in [2.24, 2.45) is 5.10 Å². The van der Waals surface area contributed by atoms with Crippen LogP contribution in [0.4, 0.5) is 4.39 Å². The number of hydrogen-bond acceptors (Lipinski definition) is 4. The zero-order chi connectivity index (χ0) is 18.7. The van der Waals surface area contributed by atoms with Crippen LogP contribution in [0.3, 0.4) is 0 Å². The number of phenolic OH excluding ortho intramolecular Hbond substituents is 1. The monoisotopic (exact) mass is 352 g/mol. The van der Waals surface area contributed by atoms with Crippen molar-refractivity contribution in [1.82, 2.24) is 15.2 Å². The second-order valence-electron chi connectivity index (χ2n) is 5.69. The SMILES string of the molecule is Cc1nn(-c2ccc(F)cc2)c(C)c1/C=N\NC(=O)c1ccccc1O. The van der Waals surface area contributed by atoms with Gasteiger partial charge in [-0.15, -0.1) is 0 Å². The molecule has 0 atom stereocenters. The van der Waals surface area contributed by atoms with E-state index in [1.54, 1.807) is 28.9 Å². The molecule has 3 rings (SSSR count).